The summed E-state index contributed by atoms with van der Waals surface area (Å²) >= 11 is 0. The van der Waals surface area contributed by atoms with Gasteiger partial charge in [-0.25, -0.2) is 9.67 Å². The van der Waals surface area contributed by atoms with Crippen LogP contribution in [0.4, 0.5) is 11.5 Å². The summed E-state index contributed by atoms with van der Waals surface area (Å²) in [4.78, 5) is 33.5. The molecular formula is C24H34N6O4. The Morgan fingerprint density at radius 3 is 2.88 bits per heavy atom. The van der Waals surface area contributed by atoms with E-state index < -0.39 is 6.10 Å². The Balaban J connectivity index is 1.25. The Hall–Kier alpha value is -2.98. The number of fused-ring (bicyclic) bond motifs is 3. The molecule has 2 aromatic heterocycles. The number of hydrogen-bond donors (Lipinski definition) is 2. The van der Waals surface area contributed by atoms with Gasteiger partial charge >= 0.3 is 0 Å². The van der Waals surface area contributed by atoms with E-state index in [1.54, 1.807) is 25.1 Å². The fourth-order valence-corrected chi connectivity index (χ4v) is 4.71. The van der Waals surface area contributed by atoms with Gasteiger partial charge in [0.15, 0.2) is 6.10 Å². The van der Waals surface area contributed by atoms with Crippen molar-refractivity contribution >= 4 is 17.4 Å². The van der Waals surface area contributed by atoms with Crippen LogP contribution in [0.25, 0.3) is 0 Å². The third-order valence-electron chi connectivity index (χ3n) is 6.60. The van der Waals surface area contributed by atoms with E-state index in [1.807, 2.05) is 13.1 Å². The summed E-state index contributed by atoms with van der Waals surface area (Å²) in [6.07, 6.45) is 4.21. The lowest BCUT2D eigenvalue weighted by molar-refractivity contribution is -0.144. The highest BCUT2D eigenvalue weighted by Gasteiger charge is 2.35. The first kappa shape index (κ1) is 24.2. The highest BCUT2D eigenvalue weighted by Crippen LogP contribution is 2.31. The number of nitrogens with zero attached hydrogens (tertiary/aromatic N) is 5. The molecule has 10 nitrogen and oxygen atoms in total. The first-order valence-corrected chi connectivity index (χ1v) is 11.8. The molecule has 2 N–H and O–H groups in total. The van der Waals surface area contributed by atoms with Crippen LogP contribution in [0.3, 0.4) is 0 Å². The normalized spacial score (nSPS) is 19.3. The predicted molar refractivity (Wildman–Crippen MR) is 129 cm³/mol. The summed E-state index contributed by atoms with van der Waals surface area (Å²) in [5.74, 6) is 0.732. The number of piperazine rings is 1. The topological polar surface area (TPSA) is 113 Å². The molecule has 4 heterocycles. The van der Waals surface area contributed by atoms with Gasteiger partial charge in [-0.05, 0) is 44.7 Å². The number of carbonyl (C=O) groups is 1. The van der Waals surface area contributed by atoms with Crippen LogP contribution in [0.1, 0.15) is 30.0 Å². The van der Waals surface area contributed by atoms with Crippen molar-refractivity contribution in [2.45, 2.75) is 51.8 Å². The van der Waals surface area contributed by atoms with Crippen LogP contribution >= 0.6 is 0 Å². The van der Waals surface area contributed by atoms with Crippen molar-refractivity contribution in [1.29, 1.82) is 0 Å². The molecule has 1 unspecified atom stereocenters. The number of aliphatic hydroxyl groups is 1. The van der Waals surface area contributed by atoms with E-state index >= 15 is 0 Å². The fraction of sp³-hybridized carbons (Fsp3) is 0.583. The zero-order valence-electron chi connectivity index (χ0n) is 20.3. The molecule has 1 saturated heterocycles. The maximum atomic E-state index is 12.8. The van der Waals surface area contributed by atoms with Gasteiger partial charge in [0.05, 0.1) is 25.1 Å². The van der Waals surface area contributed by atoms with Crippen LogP contribution in [0.15, 0.2) is 23.3 Å². The van der Waals surface area contributed by atoms with Gasteiger partial charge < -0.3 is 25.0 Å². The number of aryl methyl sites for hydroxylation is 3. The Kier molecular flexibility index (Phi) is 7.18. The molecule has 0 radical (unpaired) electrons. The highest BCUT2D eigenvalue weighted by molar-refractivity contribution is 5.81. The summed E-state index contributed by atoms with van der Waals surface area (Å²) in [6, 6.07) is 2.28. The number of ether oxygens (including phenoxy) is 1. The molecule has 0 saturated carbocycles. The Morgan fingerprint density at radius 2 is 2.09 bits per heavy atom. The quantitative estimate of drug-likeness (QED) is 0.606. The second-order valence-electron chi connectivity index (χ2n) is 9.38. The maximum absolute atomic E-state index is 12.8. The molecule has 0 aliphatic carbocycles. The number of amides is 1. The fourth-order valence-electron chi connectivity index (χ4n) is 4.71. The Labute approximate surface area is 199 Å². The second kappa shape index (κ2) is 10.1. The molecule has 0 bridgehead atoms. The van der Waals surface area contributed by atoms with Crippen LogP contribution in [0, 0.1) is 13.8 Å². The predicted octanol–water partition coefficient (Wildman–Crippen LogP) is 0.634. The first-order chi connectivity index (χ1) is 16.2. The SMILES string of the molecule is Cc1cnc2c(c1)CCC1CN(C(=O)[C@@H](O)COC[C@H](C)Nc3cnn(C)c(=O)c3C)CCN21. The number of rotatable bonds is 7. The number of aromatic nitrogens is 3. The van der Waals surface area contributed by atoms with Crippen LogP contribution in [-0.2, 0) is 23.0 Å². The average Bonchev–Trinajstić information content (AvgIpc) is 2.83. The molecule has 0 aromatic carbocycles. The third-order valence-corrected chi connectivity index (χ3v) is 6.60. The average molecular weight is 471 g/mol. The van der Waals surface area contributed by atoms with Gasteiger partial charge in [0.25, 0.3) is 11.5 Å². The van der Waals surface area contributed by atoms with E-state index in [1.165, 1.54) is 15.8 Å². The van der Waals surface area contributed by atoms with Crippen molar-refractivity contribution < 1.29 is 14.6 Å². The zero-order valence-corrected chi connectivity index (χ0v) is 20.3. The lowest BCUT2D eigenvalue weighted by atomic mass is 9.95. The molecule has 1 amide bonds. The molecule has 10 heteroatoms. The van der Waals surface area contributed by atoms with E-state index in [4.69, 9.17) is 4.74 Å². The summed E-state index contributed by atoms with van der Waals surface area (Å²) in [5, 5.41) is 17.7. The number of nitrogens with one attached hydrogen (secondary N) is 1. The molecule has 2 aliphatic rings. The van der Waals surface area contributed by atoms with Crippen LogP contribution < -0.4 is 15.8 Å². The van der Waals surface area contributed by atoms with E-state index in [2.05, 4.69) is 33.3 Å². The smallest absolute Gasteiger partial charge is 0.271 e. The van der Waals surface area contributed by atoms with Gasteiger partial charge in [-0.1, -0.05) is 6.07 Å². The van der Waals surface area contributed by atoms with Crippen LogP contribution in [0.2, 0.25) is 0 Å². The van der Waals surface area contributed by atoms with Gasteiger partial charge in [0, 0.05) is 50.5 Å². The minimum absolute atomic E-state index is 0.0762. The molecule has 4 rings (SSSR count). The summed E-state index contributed by atoms with van der Waals surface area (Å²) in [5.41, 5.74) is 3.50. The summed E-state index contributed by atoms with van der Waals surface area (Å²) < 4.78 is 6.90. The van der Waals surface area contributed by atoms with Gasteiger partial charge in [-0.15, -0.1) is 0 Å². The minimum atomic E-state index is -1.21. The van der Waals surface area contributed by atoms with Crippen molar-refractivity contribution in [3.8, 4) is 0 Å². The molecule has 0 spiro atoms. The largest absolute Gasteiger partial charge is 0.381 e. The second-order valence-corrected chi connectivity index (χ2v) is 9.38. The highest BCUT2D eigenvalue weighted by atomic mass is 16.5. The summed E-state index contributed by atoms with van der Waals surface area (Å²) in [7, 11) is 1.61. The summed E-state index contributed by atoms with van der Waals surface area (Å²) in [6.45, 7) is 7.73. The number of pyridine rings is 1. The zero-order chi connectivity index (χ0) is 24.4. The molecule has 2 aliphatic heterocycles. The number of carbonyl (C=O) groups excluding carboxylic acids is 1. The number of aliphatic hydroxyl groups excluding tert-OH is 1. The Bertz CT molecular complexity index is 1100. The van der Waals surface area contributed by atoms with Crippen molar-refractivity contribution in [2.24, 2.45) is 7.05 Å². The van der Waals surface area contributed by atoms with E-state index in [-0.39, 0.29) is 36.8 Å². The standard InChI is InChI=1S/C24H34N6O4/c1-15-9-18-5-6-19-12-29(7-8-30(19)22(18)25-10-15)24(33)21(31)14-34-13-16(2)27-20-11-26-28(4)23(32)17(20)3/h9-11,16,19,21,27,31H,5-8,12-14H2,1-4H3/t16-,19?,21-/m0/s1. The number of hydrogen-bond acceptors (Lipinski definition) is 8. The molecule has 3 atom stereocenters. The van der Waals surface area contributed by atoms with Gasteiger partial charge in [0.2, 0.25) is 0 Å². The van der Waals surface area contributed by atoms with Gasteiger partial charge in [0.1, 0.15) is 5.82 Å². The molecule has 184 valence electrons. The lowest BCUT2D eigenvalue weighted by Gasteiger charge is -2.45. The van der Waals surface area contributed by atoms with Crippen molar-refractivity contribution in [2.75, 3.05) is 43.1 Å². The van der Waals surface area contributed by atoms with E-state index in [0.29, 0.717) is 30.9 Å². The Morgan fingerprint density at radius 1 is 1.29 bits per heavy atom. The van der Waals surface area contributed by atoms with Crippen molar-refractivity contribution in [3.05, 3.63) is 45.5 Å². The van der Waals surface area contributed by atoms with Crippen LogP contribution in [0.5, 0.6) is 0 Å². The van der Waals surface area contributed by atoms with Gasteiger partial charge in [-0.3, -0.25) is 9.59 Å². The molecular weight excluding hydrogens is 436 g/mol. The van der Waals surface area contributed by atoms with Gasteiger partial charge in [-0.2, -0.15) is 5.10 Å². The third kappa shape index (κ3) is 5.07. The molecule has 34 heavy (non-hydrogen) atoms. The monoisotopic (exact) mass is 470 g/mol. The maximum Gasteiger partial charge on any atom is 0.271 e. The van der Waals surface area contributed by atoms with E-state index in [9.17, 15) is 14.7 Å². The lowest BCUT2D eigenvalue weighted by Crippen LogP contribution is -2.58. The van der Waals surface area contributed by atoms with Crippen molar-refractivity contribution in [3.63, 3.8) is 0 Å². The number of anilines is 2. The van der Waals surface area contributed by atoms with Crippen molar-refractivity contribution in [1.82, 2.24) is 19.7 Å². The van der Waals surface area contributed by atoms with E-state index in [0.717, 1.165) is 18.7 Å². The first-order valence-electron chi connectivity index (χ1n) is 11.8. The molecule has 2 aromatic rings. The molecule has 1 fully saturated rings. The minimum Gasteiger partial charge on any atom is -0.381 e. The van der Waals surface area contributed by atoms with Crippen LogP contribution in [-0.4, -0.2) is 81.7 Å².